The number of allylic oxidation sites excluding steroid dienone is 1. The molecule has 0 spiro atoms. The molecule has 1 atom stereocenters. The summed E-state index contributed by atoms with van der Waals surface area (Å²) < 4.78 is 5.22. The molecule has 1 aliphatic rings. The van der Waals surface area contributed by atoms with Crippen LogP contribution in [0.4, 0.5) is 4.79 Å². The van der Waals surface area contributed by atoms with E-state index in [1.165, 1.54) is 4.90 Å². The molecule has 1 aromatic rings. The first kappa shape index (κ1) is 20.5. The number of nitrogens with one attached hydrogen (secondary N) is 1. The second kappa shape index (κ2) is 9.75. The minimum Gasteiger partial charge on any atom is -0.481 e. The fourth-order valence-corrected chi connectivity index (χ4v) is 3.14. The maximum Gasteiger partial charge on any atom is 0.338 e. The number of urea groups is 1. The number of carbonyl (C=O) groups is 3. The van der Waals surface area contributed by atoms with Gasteiger partial charge in [-0.25, -0.2) is 9.59 Å². The van der Waals surface area contributed by atoms with Crippen LogP contribution in [0.25, 0.3) is 0 Å². The van der Waals surface area contributed by atoms with Crippen LogP contribution >= 0.6 is 0 Å². The molecule has 0 unspecified atom stereocenters. The number of carboxylic acid groups (broad SMARTS) is 1. The van der Waals surface area contributed by atoms with Crippen LogP contribution < -0.4 is 5.32 Å². The first-order chi connectivity index (χ1) is 13.0. The van der Waals surface area contributed by atoms with E-state index >= 15 is 0 Å². The molecular weight excluding hydrogens is 348 g/mol. The van der Waals surface area contributed by atoms with Crippen LogP contribution in [-0.2, 0) is 14.3 Å². The molecule has 7 heteroatoms. The third-order valence-electron chi connectivity index (χ3n) is 4.50. The lowest BCUT2D eigenvalue weighted by molar-refractivity contribution is -0.139. The Bertz CT molecular complexity index is 714. The summed E-state index contributed by atoms with van der Waals surface area (Å²) in [4.78, 5) is 37.3. The van der Waals surface area contributed by atoms with E-state index in [0.717, 1.165) is 5.56 Å². The highest BCUT2D eigenvalue weighted by Crippen LogP contribution is 2.31. The zero-order valence-corrected chi connectivity index (χ0v) is 15.7. The van der Waals surface area contributed by atoms with Crippen molar-refractivity contribution in [3.05, 3.63) is 47.2 Å². The van der Waals surface area contributed by atoms with Crippen LogP contribution in [0.5, 0.6) is 0 Å². The number of amides is 2. The zero-order valence-electron chi connectivity index (χ0n) is 15.7. The van der Waals surface area contributed by atoms with Crippen molar-refractivity contribution >= 4 is 18.0 Å². The van der Waals surface area contributed by atoms with E-state index in [4.69, 9.17) is 9.84 Å². The lowest BCUT2D eigenvalue weighted by Crippen LogP contribution is -2.48. The molecule has 0 fully saturated rings. The van der Waals surface area contributed by atoms with Crippen molar-refractivity contribution in [3.63, 3.8) is 0 Å². The number of nitrogens with zero attached hydrogens (tertiary/aromatic N) is 1. The number of ether oxygens (including phenoxy) is 1. The summed E-state index contributed by atoms with van der Waals surface area (Å²) in [5.74, 6) is -1.27. The van der Waals surface area contributed by atoms with Gasteiger partial charge in [-0.3, -0.25) is 9.69 Å². The summed E-state index contributed by atoms with van der Waals surface area (Å²) in [6.45, 7) is 4.16. The third kappa shape index (κ3) is 5.32. The number of carboxylic acids is 1. The Kier molecular flexibility index (Phi) is 7.40. The number of benzene rings is 1. The molecule has 0 aromatic heterocycles. The van der Waals surface area contributed by atoms with Gasteiger partial charge in [-0.15, -0.1) is 0 Å². The Morgan fingerprint density at radius 2 is 1.89 bits per heavy atom. The zero-order chi connectivity index (χ0) is 19.8. The average Bonchev–Trinajstić information content (AvgIpc) is 2.64. The number of unbranched alkanes of at least 4 members (excludes halogenated alkanes) is 2. The molecule has 0 bridgehead atoms. The van der Waals surface area contributed by atoms with Gasteiger partial charge >= 0.3 is 18.0 Å². The fraction of sp³-hybridized carbons (Fsp3) is 0.450. The van der Waals surface area contributed by atoms with E-state index in [2.05, 4.69) is 5.32 Å². The number of hydrogen-bond acceptors (Lipinski definition) is 4. The Morgan fingerprint density at radius 1 is 1.19 bits per heavy atom. The Labute approximate surface area is 159 Å². The van der Waals surface area contributed by atoms with Crippen LogP contribution in [0.3, 0.4) is 0 Å². The molecule has 1 aliphatic heterocycles. The molecule has 2 rings (SSSR count). The van der Waals surface area contributed by atoms with Gasteiger partial charge in [0.1, 0.15) is 0 Å². The van der Waals surface area contributed by atoms with Gasteiger partial charge < -0.3 is 15.2 Å². The largest absolute Gasteiger partial charge is 0.481 e. The smallest absolute Gasteiger partial charge is 0.338 e. The van der Waals surface area contributed by atoms with Crippen LogP contribution in [0.2, 0.25) is 0 Å². The Morgan fingerprint density at radius 3 is 2.52 bits per heavy atom. The van der Waals surface area contributed by atoms with Gasteiger partial charge in [0.05, 0.1) is 18.2 Å². The summed E-state index contributed by atoms with van der Waals surface area (Å²) in [6, 6.07) is 8.48. The molecule has 2 amide bonds. The summed E-state index contributed by atoms with van der Waals surface area (Å²) in [7, 11) is 0. The normalized spacial score (nSPS) is 16.9. The number of carbonyl (C=O) groups excluding carboxylic acids is 2. The monoisotopic (exact) mass is 374 g/mol. The van der Waals surface area contributed by atoms with Crippen molar-refractivity contribution < 1.29 is 24.2 Å². The highest BCUT2D eigenvalue weighted by molar-refractivity contribution is 5.95. The van der Waals surface area contributed by atoms with Crippen molar-refractivity contribution in [2.45, 2.75) is 45.6 Å². The summed E-state index contributed by atoms with van der Waals surface area (Å²) in [5, 5.41) is 11.6. The molecule has 0 saturated carbocycles. The van der Waals surface area contributed by atoms with Crippen LogP contribution in [0.15, 0.2) is 41.6 Å². The van der Waals surface area contributed by atoms with E-state index in [1.807, 2.05) is 30.3 Å². The lowest BCUT2D eigenvalue weighted by Gasteiger charge is -2.35. The van der Waals surface area contributed by atoms with Gasteiger partial charge in [0, 0.05) is 18.7 Å². The standard InChI is InChI=1S/C20H26N2O5/c1-3-27-19(25)17-14(2)22(13-9-5-8-12-16(23)24)20(26)21-18(17)15-10-6-4-7-11-15/h4,6-7,10-11,18H,3,5,8-9,12-13H2,1-2H3,(H,21,26)(H,23,24)/t18-/m1/s1. The molecule has 27 heavy (non-hydrogen) atoms. The third-order valence-corrected chi connectivity index (χ3v) is 4.50. The van der Waals surface area contributed by atoms with Crippen LogP contribution in [0.1, 0.15) is 51.1 Å². The fourth-order valence-electron chi connectivity index (χ4n) is 3.14. The lowest BCUT2D eigenvalue weighted by atomic mass is 9.95. The molecule has 0 aliphatic carbocycles. The van der Waals surface area contributed by atoms with Gasteiger partial charge in [-0.05, 0) is 32.3 Å². The van der Waals surface area contributed by atoms with Crippen molar-refractivity contribution in [1.29, 1.82) is 0 Å². The number of rotatable bonds is 9. The summed E-state index contributed by atoms with van der Waals surface area (Å²) in [5.41, 5.74) is 1.81. The van der Waals surface area contributed by atoms with Crippen LogP contribution in [-0.4, -0.2) is 41.1 Å². The first-order valence-corrected chi connectivity index (χ1v) is 9.18. The van der Waals surface area contributed by atoms with Gasteiger partial charge in [0.2, 0.25) is 0 Å². The van der Waals surface area contributed by atoms with Crippen molar-refractivity contribution in [3.8, 4) is 0 Å². The maximum absolute atomic E-state index is 12.6. The highest BCUT2D eigenvalue weighted by atomic mass is 16.5. The van der Waals surface area contributed by atoms with E-state index in [-0.39, 0.29) is 19.1 Å². The van der Waals surface area contributed by atoms with Gasteiger partial charge in [-0.2, -0.15) is 0 Å². The highest BCUT2D eigenvalue weighted by Gasteiger charge is 2.36. The molecule has 146 valence electrons. The Balaban J connectivity index is 2.21. The summed E-state index contributed by atoms with van der Waals surface area (Å²) in [6.07, 6.45) is 2.03. The number of esters is 1. The predicted molar refractivity (Wildman–Crippen MR) is 99.9 cm³/mol. The van der Waals surface area contributed by atoms with Crippen LogP contribution in [0, 0.1) is 0 Å². The van der Waals surface area contributed by atoms with Gasteiger partial charge in [0.15, 0.2) is 0 Å². The second-order valence-electron chi connectivity index (χ2n) is 6.37. The number of hydrogen-bond donors (Lipinski definition) is 2. The van der Waals surface area contributed by atoms with E-state index in [1.54, 1.807) is 13.8 Å². The first-order valence-electron chi connectivity index (χ1n) is 9.18. The molecule has 0 radical (unpaired) electrons. The van der Waals surface area contributed by atoms with E-state index in [9.17, 15) is 14.4 Å². The molecule has 1 heterocycles. The minimum atomic E-state index is -0.822. The summed E-state index contributed by atoms with van der Waals surface area (Å²) >= 11 is 0. The topological polar surface area (TPSA) is 95.9 Å². The molecule has 2 N–H and O–H groups in total. The molecule has 1 aromatic carbocycles. The van der Waals surface area contributed by atoms with Crippen molar-refractivity contribution in [1.82, 2.24) is 10.2 Å². The second-order valence-corrected chi connectivity index (χ2v) is 6.37. The molecule has 7 nitrogen and oxygen atoms in total. The molecular formula is C20H26N2O5. The minimum absolute atomic E-state index is 0.116. The number of aliphatic carboxylic acids is 1. The molecule has 0 saturated heterocycles. The van der Waals surface area contributed by atoms with Gasteiger partial charge in [0.25, 0.3) is 0 Å². The average molecular weight is 374 g/mol. The van der Waals surface area contributed by atoms with Crippen molar-refractivity contribution in [2.24, 2.45) is 0 Å². The van der Waals surface area contributed by atoms with E-state index < -0.39 is 18.0 Å². The predicted octanol–water partition coefficient (Wildman–Crippen LogP) is 3.24. The van der Waals surface area contributed by atoms with Gasteiger partial charge in [-0.1, -0.05) is 36.8 Å². The maximum atomic E-state index is 12.6. The Hall–Kier alpha value is -2.83. The SMILES string of the molecule is CCOC(=O)C1=C(C)N(CCCCCC(=O)O)C(=O)N[C@@H]1c1ccccc1. The quantitative estimate of drug-likeness (QED) is 0.511. The van der Waals surface area contributed by atoms with Crippen molar-refractivity contribution in [2.75, 3.05) is 13.2 Å². The van der Waals surface area contributed by atoms with E-state index in [0.29, 0.717) is 37.1 Å².